The van der Waals surface area contributed by atoms with E-state index >= 15 is 0 Å². The van der Waals surface area contributed by atoms with E-state index in [0.717, 1.165) is 5.56 Å². The van der Waals surface area contributed by atoms with Gasteiger partial charge >= 0.3 is 0 Å². The van der Waals surface area contributed by atoms with E-state index in [4.69, 9.17) is 5.26 Å². The summed E-state index contributed by atoms with van der Waals surface area (Å²) in [6, 6.07) is 5.51. The number of hydrogen-bond donors (Lipinski definition) is 2. The van der Waals surface area contributed by atoms with Crippen molar-refractivity contribution < 1.29 is 4.79 Å². The molecule has 0 spiro atoms. The summed E-state index contributed by atoms with van der Waals surface area (Å²) >= 11 is 0. The predicted molar refractivity (Wildman–Crippen MR) is 75.1 cm³/mol. The van der Waals surface area contributed by atoms with E-state index in [9.17, 15) is 4.79 Å². The Bertz CT molecular complexity index is 638. The fourth-order valence-corrected chi connectivity index (χ4v) is 1.92. The van der Waals surface area contributed by atoms with E-state index in [2.05, 4.69) is 15.3 Å². The molecule has 1 amide bonds. The Morgan fingerprint density at radius 1 is 1.50 bits per heavy atom. The molecule has 0 radical (unpaired) electrons. The van der Waals surface area contributed by atoms with E-state index in [1.165, 1.54) is 18.5 Å². The normalized spacial score (nSPS) is 10.8. The number of amides is 1. The smallest absolute Gasteiger partial charge is 0.254 e. The number of hydrogen-bond acceptors (Lipinski definition) is 3. The first-order chi connectivity index (χ1) is 9.54. The lowest BCUT2D eigenvalue weighted by atomic mass is 9.86. The Hall–Kier alpha value is -2.61. The highest BCUT2D eigenvalue weighted by atomic mass is 16.1. The van der Waals surface area contributed by atoms with Crippen LogP contribution in [0.4, 0.5) is 0 Å². The van der Waals surface area contributed by atoms with E-state index < -0.39 is 0 Å². The number of pyridine rings is 1. The Morgan fingerprint density at radius 2 is 2.30 bits per heavy atom. The average molecular weight is 268 g/mol. The van der Waals surface area contributed by atoms with Gasteiger partial charge in [0.05, 0.1) is 11.1 Å². The third-order valence-corrected chi connectivity index (χ3v) is 3.26. The number of nitrogens with zero attached hydrogens (tertiary/aromatic N) is 2. The van der Waals surface area contributed by atoms with Crippen molar-refractivity contribution in [2.24, 2.45) is 0 Å². The molecular weight excluding hydrogens is 252 g/mol. The SMILES string of the molecule is CC(C)(CNC(=O)c1cnccc1C#N)c1cc[nH]c1. The Labute approximate surface area is 117 Å². The summed E-state index contributed by atoms with van der Waals surface area (Å²) in [5, 5.41) is 11.8. The molecule has 0 unspecified atom stereocenters. The molecule has 0 aliphatic heterocycles. The van der Waals surface area contributed by atoms with E-state index in [1.807, 2.05) is 38.4 Å². The van der Waals surface area contributed by atoms with Gasteiger partial charge in [0.25, 0.3) is 5.91 Å². The van der Waals surface area contributed by atoms with Gasteiger partial charge in [-0.1, -0.05) is 13.8 Å². The summed E-state index contributed by atoms with van der Waals surface area (Å²) in [7, 11) is 0. The quantitative estimate of drug-likeness (QED) is 0.889. The lowest BCUT2D eigenvalue weighted by Gasteiger charge is -2.24. The van der Waals surface area contributed by atoms with Gasteiger partial charge in [0.15, 0.2) is 0 Å². The van der Waals surface area contributed by atoms with Gasteiger partial charge in [-0.25, -0.2) is 0 Å². The van der Waals surface area contributed by atoms with Crippen molar-refractivity contribution in [1.82, 2.24) is 15.3 Å². The summed E-state index contributed by atoms with van der Waals surface area (Å²) in [5.74, 6) is -0.279. The maximum absolute atomic E-state index is 12.1. The molecular formula is C15H16N4O. The molecule has 0 aliphatic rings. The highest BCUT2D eigenvalue weighted by Gasteiger charge is 2.22. The summed E-state index contributed by atoms with van der Waals surface area (Å²) in [5.41, 5.74) is 1.56. The number of aromatic nitrogens is 2. The predicted octanol–water partition coefficient (Wildman–Crippen LogP) is 1.99. The monoisotopic (exact) mass is 268 g/mol. The topological polar surface area (TPSA) is 81.6 Å². The Balaban J connectivity index is 2.08. The second-order valence-electron chi connectivity index (χ2n) is 5.20. The number of carbonyl (C=O) groups is 1. The minimum atomic E-state index is -0.279. The fourth-order valence-electron chi connectivity index (χ4n) is 1.92. The third-order valence-electron chi connectivity index (χ3n) is 3.26. The van der Waals surface area contributed by atoms with Crippen molar-refractivity contribution in [1.29, 1.82) is 5.26 Å². The highest BCUT2D eigenvalue weighted by molar-refractivity contribution is 5.96. The minimum absolute atomic E-state index is 0.190. The number of nitrogens with one attached hydrogen (secondary N) is 2. The molecule has 0 saturated heterocycles. The molecule has 20 heavy (non-hydrogen) atoms. The van der Waals surface area contributed by atoms with Crippen molar-refractivity contribution in [2.45, 2.75) is 19.3 Å². The molecule has 0 aromatic carbocycles. The van der Waals surface area contributed by atoms with Gasteiger partial charge in [-0.3, -0.25) is 9.78 Å². The zero-order valence-electron chi connectivity index (χ0n) is 11.5. The highest BCUT2D eigenvalue weighted by Crippen LogP contribution is 2.21. The van der Waals surface area contributed by atoms with Gasteiger partial charge in [-0.2, -0.15) is 5.26 Å². The molecule has 2 rings (SSSR count). The number of carbonyl (C=O) groups excluding carboxylic acids is 1. The van der Waals surface area contributed by atoms with Gasteiger partial charge in [-0.05, 0) is 17.7 Å². The van der Waals surface area contributed by atoms with Crippen LogP contribution >= 0.6 is 0 Å². The lowest BCUT2D eigenvalue weighted by Crippen LogP contribution is -2.36. The zero-order valence-corrected chi connectivity index (χ0v) is 11.5. The van der Waals surface area contributed by atoms with Crippen LogP contribution in [0.5, 0.6) is 0 Å². The average Bonchev–Trinajstić information content (AvgIpc) is 3.00. The molecule has 2 heterocycles. The largest absolute Gasteiger partial charge is 0.367 e. The van der Waals surface area contributed by atoms with Crippen LogP contribution in [-0.2, 0) is 5.41 Å². The third kappa shape index (κ3) is 2.86. The maximum atomic E-state index is 12.1. The summed E-state index contributed by atoms with van der Waals surface area (Å²) in [6.45, 7) is 4.57. The molecule has 5 heteroatoms. The van der Waals surface area contributed by atoms with E-state index in [-0.39, 0.29) is 11.3 Å². The maximum Gasteiger partial charge on any atom is 0.254 e. The van der Waals surface area contributed by atoms with Crippen LogP contribution < -0.4 is 5.32 Å². The molecule has 5 nitrogen and oxygen atoms in total. The van der Waals surface area contributed by atoms with Gasteiger partial charge in [0.2, 0.25) is 0 Å². The first-order valence-corrected chi connectivity index (χ1v) is 6.30. The van der Waals surface area contributed by atoms with Crippen LogP contribution in [0.2, 0.25) is 0 Å². The molecule has 2 aromatic rings. The fraction of sp³-hybridized carbons (Fsp3) is 0.267. The van der Waals surface area contributed by atoms with Crippen molar-refractivity contribution in [2.75, 3.05) is 6.54 Å². The van der Waals surface area contributed by atoms with Crippen LogP contribution in [0.15, 0.2) is 36.9 Å². The second-order valence-corrected chi connectivity index (χ2v) is 5.20. The van der Waals surface area contributed by atoms with Crippen molar-refractivity contribution in [3.63, 3.8) is 0 Å². The van der Waals surface area contributed by atoms with Crippen molar-refractivity contribution in [3.8, 4) is 6.07 Å². The van der Waals surface area contributed by atoms with Gasteiger partial charge in [0, 0.05) is 36.7 Å². The van der Waals surface area contributed by atoms with Crippen LogP contribution in [0, 0.1) is 11.3 Å². The standard InChI is InChI=1S/C15H16N4O/c1-15(2,12-4-6-17-8-12)10-19-14(20)13-9-18-5-3-11(13)7-16/h3-6,8-9,17H,10H2,1-2H3,(H,19,20). The summed E-state index contributed by atoms with van der Waals surface area (Å²) in [4.78, 5) is 19.0. The number of rotatable bonds is 4. The minimum Gasteiger partial charge on any atom is -0.367 e. The van der Waals surface area contributed by atoms with E-state index in [0.29, 0.717) is 17.7 Å². The van der Waals surface area contributed by atoms with Gasteiger partial charge in [0.1, 0.15) is 6.07 Å². The molecule has 0 aliphatic carbocycles. The lowest BCUT2D eigenvalue weighted by molar-refractivity contribution is 0.0945. The van der Waals surface area contributed by atoms with Crippen LogP contribution in [0.1, 0.15) is 35.3 Å². The second kappa shape index (κ2) is 5.57. The first-order valence-electron chi connectivity index (χ1n) is 6.30. The molecule has 2 N–H and O–H groups in total. The molecule has 0 bridgehead atoms. The van der Waals surface area contributed by atoms with Gasteiger partial charge < -0.3 is 10.3 Å². The Kier molecular flexibility index (Phi) is 3.85. The number of nitriles is 1. The van der Waals surface area contributed by atoms with E-state index in [1.54, 1.807) is 0 Å². The molecule has 102 valence electrons. The number of aromatic amines is 1. The van der Waals surface area contributed by atoms with Gasteiger partial charge in [-0.15, -0.1) is 0 Å². The number of H-pyrrole nitrogens is 1. The Morgan fingerprint density at radius 3 is 2.95 bits per heavy atom. The molecule has 0 fully saturated rings. The van der Waals surface area contributed by atoms with Crippen LogP contribution in [0.3, 0.4) is 0 Å². The zero-order chi connectivity index (χ0) is 14.6. The summed E-state index contributed by atoms with van der Waals surface area (Å²) in [6.07, 6.45) is 6.68. The molecule has 0 saturated carbocycles. The van der Waals surface area contributed by atoms with Crippen LogP contribution in [0.25, 0.3) is 0 Å². The van der Waals surface area contributed by atoms with Crippen molar-refractivity contribution >= 4 is 5.91 Å². The van der Waals surface area contributed by atoms with Crippen molar-refractivity contribution in [3.05, 3.63) is 53.6 Å². The first kappa shape index (κ1) is 13.8. The van der Waals surface area contributed by atoms with Crippen LogP contribution in [-0.4, -0.2) is 22.4 Å². The molecule has 0 atom stereocenters. The molecule has 2 aromatic heterocycles. The summed E-state index contributed by atoms with van der Waals surface area (Å²) < 4.78 is 0.